The Labute approximate surface area is 170 Å². The van der Waals surface area contributed by atoms with E-state index in [9.17, 15) is 9.59 Å². The maximum atomic E-state index is 12.6. The van der Waals surface area contributed by atoms with Gasteiger partial charge in [-0.2, -0.15) is 0 Å². The Hall–Kier alpha value is -2.32. The first kappa shape index (κ1) is 22.0. The van der Waals surface area contributed by atoms with Crippen molar-refractivity contribution in [3.8, 4) is 11.5 Å². The van der Waals surface area contributed by atoms with Crippen LogP contribution < -0.4 is 5.43 Å². The van der Waals surface area contributed by atoms with Gasteiger partial charge in [0.05, 0.1) is 0 Å². The molecule has 0 spiro atoms. The Balaban J connectivity index is 2.31. The molecule has 0 bridgehead atoms. The average molecular weight is 397 g/mol. The standard InChI is InChI=1S/C23H32N2O2Si/c1-17(2)28(18(3)4,19(5)6)15-13-21-16-22(26)12-14-25(21)24-23(27)20-10-8-7-9-11-20/h7-12,14,17-19,21H,16H2,1-6H3,(H,24,27). The van der Waals surface area contributed by atoms with E-state index < -0.39 is 8.07 Å². The number of allylic oxidation sites excluding steroid dienone is 1. The molecule has 1 N–H and O–H groups in total. The topological polar surface area (TPSA) is 49.4 Å². The molecule has 0 radical (unpaired) electrons. The molecule has 1 heterocycles. The van der Waals surface area contributed by atoms with Crippen LogP contribution in [0.25, 0.3) is 0 Å². The third-order valence-electron chi connectivity index (χ3n) is 5.74. The predicted molar refractivity (Wildman–Crippen MR) is 117 cm³/mol. The van der Waals surface area contributed by atoms with Crippen LogP contribution in [0.2, 0.25) is 16.6 Å². The van der Waals surface area contributed by atoms with Gasteiger partial charge in [-0.1, -0.05) is 65.7 Å². The van der Waals surface area contributed by atoms with Crippen molar-refractivity contribution in [3.05, 3.63) is 48.2 Å². The van der Waals surface area contributed by atoms with Gasteiger partial charge in [-0.25, -0.2) is 0 Å². The summed E-state index contributed by atoms with van der Waals surface area (Å²) in [6.07, 6.45) is 3.42. The van der Waals surface area contributed by atoms with Crippen LogP contribution >= 0.6 is 0 Å². The quantitative estimate of drug-likeness (QED) is 0.579. The number of carbonyl (C=O) groups excluding carboxylic acids is 2. The number of hydrogen-bond acceptors (Lipinski definition) is 3. The summed E-state index contributed by atoms with van der Waals surface area (Å²) in [5, 5.41) is 1.68. The number of amides is 1. The Morgan fingerprint density at radius 1 is 1.07 bits per heavy atom. The zero-order valence-electron chi connectivity index (χ0n) is 17.8. The van der Waals surface area contributed by atoms with Crippen molar-refractivity contribution in [1.29, 1.82) is 0 Å². The number of benzene rings is 1. The van der Waals surface area contributed by atoms with Gasteiger partial charge in [0, 0.05) is 18.2 Å². The smallest absolute Gasteiger partial charge is 0.269 e. The fraction of sp³-hybridized carbons (Fsp3) is 0.478. The molecule has 0 aliphatic carbocycles. The maximum absolute atomic E-state index is 12.6. The second-order valence-corrected chi connectivity index (χ2v) is 14.0. The highest BCUT2D eigenvalue weighted by Gasteiger charge is 2.42. The summed E-state index contributed by atoms with van der Waals surface area (Å²) in [5.41, 5.74) is 8.70. The zero-order valence-corrected chi connectivity index (χ0v) is 18.8. The van der Waals surface area contributed by atoms with E-state index in [-0.39, 0.29) is 24.2 Å². The molecular formula is C23H32N2O2Si. The number of hydrazine groups is 1. The van der Waals surface area contributed by atoms with E-state index in [0.29, 0.717) is 22.2 Å². The van der Waals surface area contributed by atoms with Crippen molar-refractivity contribution in [1.82, 2.24) is 10.4 Å². The molecule has 0 fully saturated rings. The number of hydrogen-bond donors (Lipinski definition) is 1. The fourth-order valence-corrected chi connectivity index (χ4v) is 9.56. The van der Waals surface area contributed by atoms with Gasteiger partial charge in [0.25, 0.3) is 5.91 Å². The van der Waals surface area contributed by atoms with E-state index in [4.69, 9.17) is 0 Å². The summed E-state index contributed by atoms with van der Waals surface area (Å²) >= 11 is 0. The molecule has 150 valence electrons. The number of nitrogens with one attached hydrogen (secondary N) is 1. The molecule has 1 atom stereocenters. The van der Waals surface area contributed by atoms with Crippen LogP contribution in [-0.2, 0) is 4.79 Å². The summed E-state index contributed by atoms with van der Waals surface area (Å²) in [7, 11) is -1.90. The molecule has 0 saturated heterocycles. The lowest BCUT2D eigenvalue weighted by molar-refractivity contribution is -0.116. The third-order valence-corrected chi connectivity index (χ3v) is 12.0. The summed E-state index contributed by atoms with van der Waals surface area (Å²) in [6.45, 7) is 13.6. The number of carbonyl (C=O) groups is 2. The molecule has 2 rings (SSSR count). The van der Waals surface area contributed by atoms with Gasteiger partial charge in [-0.05, 0) is 34.8 Å². The number of rotatable bonds is 5. The molecule has 4 nitrogen and oxygen atoms in total. The molecule has 1 aromatic rings. The van der Waals surface area contributed by atoms with E-state index in [2.05, 4.69) is 58.4 Å². The predicted octanol–water partition coefficient (Wildman–Crippen LogP) is 4.71. The minimum Gasteiger partial charge on any atom is -0.295 e. The lowest BCUT2D eigenvalue weighted by Gasteiger charge is -2.38. The van der Waals surface area contributed by atoms with Gasteiger partial charge in [0.1, 0.15) is 14.1 Å². The number of ketones is 1. The van der Waals surface area contributed by atoms with Crippen molar-refractivity contribution in [2.45, 2.75) is 70.6 Å². The van der Waals surface area contributed by atoms with E-state index in [1.165, 1.54) is 6.08 Å². The minimum atomic E-state index is -1.90. The molecule has 1 amide bonds. The minimum absolute atomic E-state index is 0.0374. The van der Waals surface area contributed by atoms with Crippen LogP contribution in [0.1, 0.15) is 58.3 Å². The van der Waals surface area contributed by atoms with E-state index >= 15 is 0 Å². The second-order valence-electron chi connectivity index (χ2n) is 8.38. The molecule has 28 heavy (non-hydrogen) atoms. The van der Waals surface area contributed by atoms with Crippen molar-refractivity contribution < 1.29 is 9.59 Å². The van der Waals surface area contributed by atoms with Crippen molar-refractivity contribution in [3.63, 3.8) is 0 Å². The molecule has 0 aromatic heterocycles. The lowest BCUT2D eigenvalue weighted by Crippen LogP contribution is -2.48. The fourth-order valence-electron chi connectivity index (χ4n) is 4.27. The first-order chi connectivity index (χ1) is 13.2. The van der Waals surface area contributed by atoms with Gasteiger partial charge in [-0.3, -0.25) is 20.0 Å². The first-order valence-electron chi connectivity index (χ1n) is 10.1. The van der Waals surface area contributed by atoms with Crippen LogP contribution in [0.5, 0.6) is 0 Å². The van der Waals surface area contributed by atoms with Gasteiger partial charge in [0.2, 0.25) is 0 Å². The van der Waals surface area contributed by atoms with Crippen LogP contribution in [0.15, 0.2) is 42.6 Å². The lowest BCUT2D eigenvalue weighted by atomic mass is 10.1. The Morgan fingerprint density at radius 3 is 2.18 bits per heavy atom. The zero-order chi connectivity index (χ0) is 20.9. The van der Waals surface area contributed by atoms with Crippen molar-refractivity contribution in [2.24, 2.45) is 0 Å². The van der Waals surface area contributed by atoms with Gasteiger partial charge >= 0.3 is 0 Å². The highest BCUT2D eigenvalue weighted by atomic mass is 28.3. The van der Waals surface area contributed by atoms with Crippen LogP contribution in [0.4, 0.5) is 0 Å². The molecule has 0 saturated carbocycles. The van der Waals surface area contributed by atoms with Crippen molar-refractivity contribution in [2.75, 3.05) is 0 Å². The summed E-state index contributed by atoms with van der Waals surface area (Å²) in [4.78, 5) is 24.6. The van der Waals surface area contributed by atoms with E-state index in [1.54, 1.807) is 23.3 Å². The van der Waals surface area contributed by atoms with E-state index in [1.807, 2.05) is 18.2 Å². The second kappa shape index (κ2) is 9.25. The normalized spacial score (nSPS) is 17.1. The first-order valence-corrected chi connectivity index (χ1v) is 12.3. The van der Waals surface area contributed by atoms with Gasteiger partial charge in [0.15, 0.2) is 5.78 Å². The van der Waals surface area contributed by atoms with Crippen LogP contribution in [-0.4, -0.2) is 30.8 Å². The number of nitrogens with zero attached hydrogens (tertiary/aromatic N) is 1. The monoisotopic (exact) mass is 396 g/mol. The third kappa shape index (κ3) is 4.74. The molecule has 5 heteroatoms. The van der Waals surface area contributed by atoms with Crippen LogP contribution in [0.3, 0.4) is 0 Å². The molecule has 1 aromatic carbocycles. The Bertz CT molecular complexity index is 766. The summed E-state index contributed by atoms with van der Waals surface area (Å²) in [6, 6.07) is 8.73. The maximum Gasteiger partial charge on any atom is 0.269 e. The summed E-state index contributed by atoms with van der Waals surface area (Å²) in [5.74, 6) is 3.23. The molecular weight excluding hydrogens is 364 g/mol. The molecule has 1 aliphatic rings. The van der Waals surface area contributed by atoms with E-state index in [0.717, 1.165) is 0 Å². The van der Waals surface area contributed by atoms with Gasteiger partial charge in [-0.15, -0.1) is 5.54 Å². The highest BCUT2D eigenvalue weighted by molar-refractivity contribution is 6.90. The Kier molecular flexibility index (Phi) is 7.26. The SMILES string of the molecule is CC(C)[Si](C#CC1CC(=O)C=CN1NC(=O)c1ccccc1)(C(C)C)C(C)C. The largest absolute Gasteiger partial charge is 0.295 e. The highest BCUT2D eigenvalue weighted by Crippen LogP contribution is 2.40. The van der Waals surface area contributed by atoms with Crippen molar-refractivity contribution >= 4 is 19.8 Å². The average Bonchev–Trinajstić information content (AvgIpc) is 2.64. The Morgan fingerprint density at radius 2 is 1.64 bits per heavy atom. The molecule has 1 aliphatic heterocycles. The van der Waals surface area contributed by atoms with Crippen LogP contribution in [0, 0.1) is 11.5 Å². The molecule has 1 unspecified atom stereocenters. The van der Waals surface area contributed by atoms with Gasteiger partial charge < -0.3 is 0 Å². The summed E-state index contributed by atoms with van der Waals surface area (Å²) < 4.78 is 0.